The number of benzene rings is 3. The molecule has 3 nitrogen and oxygen atoms in total. The van der Waals surface area contributed by atoms with Crippen molar-refractivity contribution >= 4 is 17.5 Å². The van der Waals surface area contributed by atoms with Crippen molar-refractivity contribution in [3.05, 3.63) is 130 Å². The van der Waals surface area contributed by atoms with Crippen LogP contribution in [-0.2, 0) is 19.6 Å². The van der Waals surface area contributed by atoms with Gasteiger partial charge in [-0.25, -0.2) is 4.39 Å². The van der Waals surface area contributed by atoms with Gasteiger partial charge in [-0.3, -0.25) is 4.79 Å². The van der Waals surface area contributed by atoms with Crippen LogP contribution in [0.25, 0.3) is 0 Å². The molecule has 31 heavy (non-hydrogen) atoms. The van der Waals surface area contributed by atoms with Crippen LogP contribution >= 0.6 is 11.6 Å². The van der Waals surface area contributed by atoms with Gasteiger partial charge in [0.25, 0.3) is 5.91 Å². The zero-order chi connectivity index (χ0) is 21.6. The molecule has 0 fully saturated rings. The summed E-state index contributed by atoms with van der Waals surface area (Å²) >= 11 is 6.31. The van der Waals surface area contributed by atoms with Gasteiger partial charge in [-0.1, -0.05) is 66.2 Å². The molecule has 0 radical (unpaired) electrons. The highest BCUT2D eigenvalue weighted by molar-refractivity contribution is 6.33. The van der Waals surface area contributed by atoms with Crippen LogP contribution in [0.4, 0.5) is 4.39 Å². The fourth-order valence-electron chi connectivity index (χ4n) is 3.58. The minimum atomic E-state index is -0.259. The quantitative estimate of drug-likeness (QED) is 0.342. The van der Waals surface area contributed by atoms with E-state index in [0.717, 1.165) is 16.8 Å². The van der Waals surface area contributed by atoms with Crippen molar-refractivity contribution < 1.29 is 9.18 Å². The van der Waals surface area contributed by atoms with Gasteiger partial charge in [-0.05, 0) is 47.5 Å². The number of nitrogens with zero attached hydrogens (tertiary/aromatic N) is 2. The van der Waals surface area contributed by atoms with Gasteiger partial charge in [-0.15, -0.1) is 0 Å². The molecule has 3 aromatic carbocycles. The summed E-state index contributed by atoms with van der Waals surface area (Å²) < 4.78 is 15.6. The molecule has 0 saturated heterocycles. The molecule has 0 spiro atoms. The molecule has 4 rings (SSSR count). The fraction of sp³-hybridized carbons (Fsp3) is 0.115. The topological polar surface area (TPSA) is 25.2 Å². The number of rotatable bonds is 7. The summed E-state index contributed by atoms with van der Waals surface area (Å²) in [6, 6.07) is 27.4. The van der Waals surface area contributed by atoms with Crippen LogP contribution in [0.5, 0.6) is 0 Å². The van der Waals surface area contributed by atoms with Crippen LogP contribution in [0.3, 0.4) is 0 Å². The Kier molecular flexibility index (Phi) is 6.48. The van der Waals surface area contributed by atoms with Crippen LogP contribution in [-0.4, -0.2) is 15.4 Å². The van der Waals surface area contributed by atoms with Gasteiger partial charge < -0.3 is 9.47 Å². The molecule has 0 aliphatic rings. The maximum Gasteiger partial charge on any atom is 0.256 e. The zero-order valence-corrected chi connectivity index (χ0v) is 17.7. The highest BCUT2D eigenvalue weighted by atomic mass is 35.5. The second-order valence-corrected chi connectivity index (χ2v) is 7.79. The Labute approximate surface area is 186 Å². The van der Waals surface area contributed by atoms with Crippen LogP contribution in [0.1, 0.15) is 27.2 Å². The van der Waals surface area contributed by atoms with Crippen LogP contribution in [0.2, 0.25) is 5.02 Å². The second kappa shape index (κ2) is 9.63. The molecule has 0 N–H and O–H groups in total. The average molecular weight is 433 g/mol. The van der Waals surface area contributed by atoms with Gasteiger partial charge in [-0.2, -0.15) is 0 Å². The summed E-state index contributed by atoms with van der Waals surface area (Å²) in [4.78, 5) is 15.2. The standard InChI is InChI=1S/C26H22ClFN2O/c27-25-14-5-4-13-24(25)26(31)30(17-20-8-2-1-3-9-20)19-23-12-7-15-29(23)18-21-10-6-11-22(28)16-21/h1-16H,17-19H2. The largest absolute Gasteiger partial charge is 0.345 e. The van der Waals surface area contributed by atoms with E-state index in [2.05, 4.69) is 0 Å². The van der Waals surface area contributed by atoms with Crippen molar-refractivity contribution in [3.8, 4) is 0 Å². The summed E-state index contributed by atoms with van der Waals surface area (Å²) in [5.74, 6) is -0.390. The summed E-state index contributed by atoms with van der Waals surface area (Å²) in [5, 5.41) is 0.431. The summed E-state index contributed by atoms with van der Waals surface area (Å²) in [6.07, 6.45) is 1.95. The lowest BCUT2D eigenvalue weighted by Gasteiger charge is -2.24. The molecule has 0 saturated carbocycles. The van der Waals surface area contributed by atoms with Gasteiger partial charge in [0.05, 0.1) is 17.1 Å². The minimum absolute atomic E-state index is 0.132. The number of carbonyl (C=O) groups excluding carboxylic acids is 1. The second-order valence-electron chi connectivity index (χ2n) is 7.38. The molecule has 1 amide bonds. The molecular weight excluding hydrogens is 411 g/mol. The van der Waals surface area contributed by atoms with Crippen molar-refractivity contribution in [3.63, 3.8) is 0 Å². The van der Waals surface area contributed by atoms with E-state index in [9.17, 15) is 9.18 Å². The SMILES string of the molecule is O=C(c1ccccc1Cl)N(Cc1ccccc1)Cc1cccn1Cc1cccc(F)c1. The Balaban J connectivity index is 1.62. The molecular formula is C26H22ClFN2O. The molecule has 4 aromatic rings. The van der Waals surface area contributed by atoms with Gasteiger partial charge in [0, 0.05) is 25.0 Å². The zero-order valence-electron chi connectivity index (χ0n) is 16.9. The first kappa shape index (κ1) is 20.9. The lowest BCUT2D eigenvalue weighted by atomic mass is 10.1. The van der Waals surface area contributed by atoms with Crippen LogP contribution in [0, 0.1) is 5.82 Å². The van der Waals surface area contributed by atoms with E-state index in [-0.39, 0.29) is 11.7 Å². The Bertz CT molecular complexity index is 1170. The Morgan fingerprint density at radius 1 is 0.839 bits per heavy atom. The van der Waals surface area contributed by atoms with E-state index in [4.69, 9.17) is 11.6 Å². The van der Waals surface area contributed by atoms with Gasteiger partial charge in [0.2, 0.25) is 0 Å². The molecule has 1 heterocycles. The maximum atomic E-state index is 13.6. The van der Waals surface area contributed by atoms with E-state index in [1.807, 2.05) is 71.4 Å². The number of halogens is 2. The first-order valence-corrected chi connectivity index (χ1v) is 10.4. The average Bonchev–Trinajstić information content (AvgIpc) is 3.20. The van der Waals surface area contributed by atoms with E-state index in [1.165, 1.54) is 12.1 Å². The first-order valence-electron chi connectivity index (χ1n) is 10.1. The fourth-order valence-corrected chi connectivity index (χ4v) is 3.80. The summed E-state index contributed by atoms with van der Waals surface area (Å²) in [7, 11) is 0. The van der Waals surface area contributed by atoms with Gasteiger partial charge >= 0.3 is 0 Å². The Hall–Kier alpha value is -3.37. The highest BCUT2D eigenvalue weighted by Gasteiger charge is 2.20. The number of carbonyl (C=O) groups is 1. The third-order valence-corrected chi connectivity index (χ3v) is 5.46. The molecule has 0 bridgehead atoms. The molecule has 1 aromatic heterocycles. The minimum Gasteiger partial charge on any atom is -0.345 e. The molecule has 156 valence electrons. The normalized spacial score (nSPS) is 10.8. The van der Waals surface area contributed by atoms with Crippen LogP contribution < -0.4 is 0 Å². The van der Waals surface area contributed by atoms with Crippen LogP contribution in [0.15, 0.2) is 97.2 Å². The van der Waals surface area contributed by atoms with E-state index in [1.54, 1.807) is 23.1 Å². The van der Waals surface area contributed by atoms with E-state index < -0.39 is 0 Å². The smallest absolute Gasteiger partial charge is 0.256 e. The molecule has 0 aliphatic carbocycles. The highest BCUT2D eigenvalue weighted by Crippen LogP contribution is 2.21. The lowest BCUT2D eigenvalue weighted by Crippen LogP contribution is -2.31. The maximum absolute atomic E-state index is 13.6. The molecule has 0 aliphatic heterocycles. The first-order chi connectivity index (χ1) is 15.1. The number of hydrogen-bond donors (Lipinski definition) is 0. The van der Waals surface area contributed by atoms with Crippen molar-refractivity contribution in [2.75, 3.05) is 0 Å². The molecule has 0 atom stereocenters. The summed E-state index contributed by atoms with van der Waals surface area (Å²) in [6.45, 7) is 1.39. The number of amides is 1. The van der Waals surface area contributed by atoms with E-state index in [0.29, 0.717) is 30.2 Å². The van der Waals surface area contributed by atoms with Gasteiger partial charge in [0.1, 0.15) is 5.82 Å². The lowest BCUT2D eigenvalue weighted by molar-refractivity contribution is 0.0726. The molecule has 5 heteroatoms. The third-order valence-electron chi connectivity index (χ3n) is 5.13. The van der Waals surface area contributed by atoms with Crippen molar-refractivity contribution in [1.82, 2.24) is 9.47 Å². The van der Waals surface area contributed by atoms with Crippen molar-refractivity contribution in [2.24, 2.45) is 0 Å². The third kappa shape index (κ3) is 5.22. The van der Waals surface area contributed by atoms with Crippen molar-refractivity contribution in [2.45, 2.75) is 19.6 Å². The van der Waals surface area contributed by atoms with Gasteiger partial charge in [0.15, 0.2) is 0 Å². The summed E-state index contributed by atoms with van der Waals surface area (Å²) in [5.41, 5.74) is 3.33. The predicted octanol–water partition coefficient (Wildman–Crippen LogP) is 6.17. The molecule has 0 unspecified atom stereocenters. The van der Waals surface area contributed by atoms with Crippen molar-refractivity contribution in [1.29, 1.82) is 0 Å². The number of hydrogen-bond acceptors (Lipinski definition) is 1. The Morgan fingerprint density at radius 3 is 2.35 bits per heavy atom. The predicted molar refractivity (Wildman–Crippen MR) is 121 cm³/mol. The monoisotopic (exact) mass is 432 g/mol. The number of aromatic nitrogens is 1. The van der Waals surface area contributed by atoms with E-state index >= 15 is 0 Å². The Morgan fingerprint density at radius 2 is 1.58 bits per heavy atom.